The molecule has 28 heavy (non-hydrogen) atoms. The highest BCUT2D eigenvalue weighted by Gasteiger charge is 2.24. The molecule has 1 saturated heterocycles. The predicted octanol–water partition coefficient (Wildman–Crippen LogP) is 2.55. The number of hydrogen-bond acceptors (Lipinski definition) is 5. The zero-order valence-corrected chi connectivity index (χ0v) is 17.5. The SMILES string of the molecule is CCNC(=NCc1ccc(N2CCOCC2)cc1)NCC(C)(O)c1cccs1. The van der Waals surface area contributed by atoms with Gasteiger partial charge in [-0.1, -0.05) is 18.2 Å². The molecule has 0 radical (unpaired) electrons. The molecular formula is C21H30N4O2S. The summed E-state index contributed by atoms with van der Waals surface area (Å²) in [4.78, 5) is 7.94. The van der Waals surface area contributed by atoms with E-state index < -0.39 is 5.60 Å². The standard InChI is InChI=1S/C21H30N4O2S/c1-3-22-20(24-16-21(2,26)19-5-4-14-28-19)23-15-17-6-8-18(9-7-17)25-10-12-27-13-11-25/h4-9,14,26H,3,10-13,15-16H2,1-2H3,(H2,22,23,24). The molecule has 0 saturated carbocycles. The first-order chi connectivity index (χ1) is 13.6. The second kappa shape index (κ2) is 9.91. The Hall–Kier alpha value is -2.09. The van der Waals surface area contributed by atoms with E-state index in [1.165, 1.54) is 5.69 Å². The summed E-state index contributed by atoms with van der Waals surface area (Å²) in [5.41, 5.74) is 1.46. The molecule has 152 valence electrons. The van der Waals surface area contributed by atoms with Crippen LogP contribution in [0.15, 0.2) is 46.8 Å². The van der Waals surface area contributed by atoms with Crippen LogP contribution in [0.5, 0.6) is 0 Å². The molecule has 1 unspecified atom stereocenters. The fourth-order valence-corrected chi connectivity index (χ4v) is 3.86. The van der Waals surface area contributed by atoms with Gasteiger partial charge in [0.2, 0.25) is 0 Å². The molecule has 1 aliphatic rings. The van der Waals surface area contributed by atoms with Crippen molar-refractivity contribution >= 4 is 23.0 Å². The fourth-order valence-electron chi connectivity index (χ4n) is 3.07. The maximum Gasteiger partial charge on any atom is 0.191 e. The van der Waals surface area contributed by atoms with E-state index in [0.717, 1.165) is 43.3 Å². The number of nitrogens with one attached hydrogen (secondary N) is 2. The number of hydrogen-bond donors (Lipinski definition) is 3. The van der Waals surface area contributed by atoms with Gasteiger partial charge < -0.3 is 25.4 Å². The number of aliphatic imine (C=N–C) groups is 1. The first kappa shape index (κ1) is 20.6. The van der Waals surface area contributed by atoms with Gasteiger partial charge in [-0.05, 0) is 43.0 Å². The number of ether oxygens (including phenoxy) is 1. The molecule has 2 heterocycles. The van der Waals surface area contributed by atoms with Crippen LogP contribution in [0.25, 0.3) is 0 Å². The van der Waals surface area contributed by atoms with Gasteiger partial charge in [0.25, 0.3) is 0 Å². The van der Waals surface area contributed by atoms with Crippen molar-refractivity contribution in [2.24, 2.45) is 4.99 Å². The van der Waals surface area contributed by atoms with Gasteiger partial charge in [0.05, 0.1) is 26.3 Å². The molecule has 7 heteroatoms. The summed E-state index contributed by atoms with van der Waals surface area (Å²) in [5, 5.41) is 19.2. The summed E-state index contributed by atoms with van der Waals surface area (Å²) in [5.74, 6) is 0.705. The van der Waals surface area contributed by atoms with Gasteiger partial charge in [0, 0.05) is 30.2 Å². The maximum atomic E-state index is 10.7. The number of rotatable bonds is 7. The smallest absolute Gasteiger partial charge is 0.191 e. The van der Waals surface area contributed by atoms with Crippen molar-refractivity contribution in [3.05, 3.63) is 52.2 Å². The van der Waals surface area contributed by atoms with E-state index in [1.807, 2.05) is 31.4 Å². The number of guanidine groups is 1. The molecule has 1 aliphatic heterocycles. The number of anilines is 1. The van der Waals surface area contributed by atoms with E-state index in [-0.39, 0.29) is 0 Å². The highest BCUT2D eigenvalue weighted by Crippen LogP contribution is 2.24. The average molecular weight is 403 g/mol. The van der Waals surface area contributed by atoms with Gasteiger partial charge in [0.1, 0.15) is 5.60 Å². The van der Waals surface area contributed by atoms with Crippen molar-refractivity contribution in [2.75, 3.05) is 44.3 Å². The molecule has 0 amide bonds. The van der Waals surface area contributed by atoms with Crippen molar-refractivity contribution in [1.29, 1.82) is 0 Å². The lowest BCUT2D eigenvalue weighted by atomic mass is 10.1. The Bertz CT molecular complexity index is 738. The van der Waals surface area contributed by atoms with Crippen molar-refractivity contribution < 1.29 is 9.84 Å². The highest BCUT2D eigenvalue weighted by atomic mass is 32.1. The normalized spacial score (nSPS) is 17.2. The number of thiophene rings is 1. The van der Waals surface area contributed by atoms with Crippen molar-refractivity contribution in [3.8, 4) is 0 Å². The predicted molar refractivity (Wildman–Crippen MR) is 116 cm³/mol. The minimum Gasteiger partial charge on any atom is -0.383 e. The Morgan fingerprint density at radius 2 is 1.96 bits per heavy atom. The second-order valence-electron chi connectivity index (χ2n) is 7.07. The van der Waals surface area contributed by atoms with Gasteiger partial charge in [-0.3, -0.25) is 0 Å². The van der Waals surface area contributed by atoms with Crippen molar-refractivity contribution in [1.82, 2.24) is 10.6 Å². The summed E-state index contributed by atoms with van der Waals surface area (Å²) in [6.07, 6.45) is 0. The van der Waals surface area contributed by atoms with Crippen LogP contribution in [-0.4, -0.2) is 50.5 Å². The Labute approximate surface area is 171 Å². The Morgan fingerprint density at radius 1 is 1.21 bits per heavy atom. The molecular weight excluding hydrogens is 372 g/mol. The molecule has 0 bridgehead atoms. The van der Waals surface area contributed by atoms with Crippen LogP contribution in [0.1, 0.15) is 24.3 Å². The van der Waals surface area contributed by atoms with E-state index in [9.17, 15) is 5.11 Å². The molecule has 6 nitrogen and oxygen atoms in total. The maximum absolute atomic E-state index is 10.7. The summed E-state index contributed by atoms with van der Waals surface area (Å²) in [6.45, 7) is 9.06. The molecule has 1 fully saturated rings. The molecule has 1 aromatic carbocycles. The van der Waals surface area contributed by atoms with Crippen LogP contribution in [0, 0.1) is 0 Å². The molecule has 0 spiro atoms. The topological polar surface area (TPSA) is 69.1 Å². The van der Waals surface area contributed by atoms with Gasteiger partial charge in [0.15, 0.2) is 5.96 Å². The monoisotopic (exact) mass is 402 g/mol. The van der Waals surface area contributed by atoms with Gasteiger partial charge in [-0.15, -0.1) is 11.3 Å². The Morgan fingerprint density at radius 3 is 2.61 bits per heavy atom. The summed E-state index contributed by atoms with van der Waals surface area (Å²) in [6, 6.07) is 12.5. The Balaban J connectivity index is 1.57. The largest absolute Gasteiger partial charge is 0.383 e. The first-order valence-corrected chi connectivity index (χ1v) is 10.7. The third-order valence-electron chi connectivity index (χ3n) is 4.73. The third kappa shape index (κ3) is 5.70. The first-order valence-electron chi connectivity index (χ1n) is 9.78. The van der Waals surface area contributed by atoms with E-state index in [0.29, 0.717) is 19.0 Å². The van der Waals surface area contributed by atoms with Crippen molar-refractivity contribution in [3.63, 3.8) is 0 Å². The van der Waals surface area contributed by atoms with Gasteiger partial charge >= 0.3 is 0 Å². The molecule has 3 N–H and O–H groups in total. The summed E-state index contributed by atoms with van der Waals surface area (Å²) in [7, 11) is 0. The molecule has 3 rings (SSSR count). The van der Waals surface area contributed by atoms with E-state index in [2.05, 4.69) is 44.8 Å². The fraction of sp³-hybridized carbons (Fsp3) is 0.476. The van der Waals surface area contributed by atoms with Gasteiger partial charge in [-0.25, -0.2) is 4.99 Å². The molecule has 0 aliphatic carbocycles. The number of aliphatic hydroxyl groups is 1. The average Bonchev–Trinajstić information content (AvgIpc) is 3.27. The zero-order valence-electron chi connectivity index (χ0n) is 16.6. The molecule has 1 aromatic heterocycles. The lowest BCUT2D eigenvalue weighted by Gasteiger charge is -2.28. The number of nitrogens with zero attached hydrogens (tertiary/aromatic N) is 2. The van der Waals surface area contributed by atoms with Crippen LogP contribution < -0.4 is 15.5 Å². The van der Waals surface area contributed by atoms with E-state index in [1.54, 1.807) is 11.3 Å². The van der Waals surface area contributed by atoms with Gasteiger partial charge in [-0.2, -0.15) is 0 Å². The lowest BCUT2D eigenvalue weighted by molar-refractivity contribution is 0.0655. The molecule has 1 atom stereocenters. The molecule has 2 aromatic rings. The highest BCUT2D eigenvalue weighted by molar-refractivity contribution is 7.10. The summed E-state index contributed by atoms with van der Waals surface area (Å²) >= 11 is 1.56. The van der Waals surface area contributed by atoms with Crippen molar-refractivity contribution in [2.45, 2.75) is 26.0 Å². The van der Waals surface area contributed by atoms with Crippen LogP contribution in [0.2, 0.25) is 0 Å². The minimum atomic E-state index is -0.926. The second-order valence-corrected chi connectivity index (χ2v) is 8.01. The van der Waals surface area contributed by atoms with Crippen LogP contribution >= 0.6 is 11.3 Å². The minimum absolute atomic E-state index is 0.398. The quantitative estimate of drug-likeness (QED) is 0.491. The number of morpholine rings is 1. The van der Waals surface area contributed by atoms with Crippen LogP contribution in [0.4, 0.5) is 5.69 Å². The lowest BCUT2D eigenvalue weighted by Crippen LogP contribution is -2.44. The summed E-state index contributed by atoms with van der Waals surface area (Å²) < 4.78 is 5.41. The van der Waals surface area contributed by atoms with E-state index in [4.69, 9.17) is 4.74 Å². The number of benzene rings is 1. The van der Waals surface area contributed by atoms with Crippen LogP contribution in [0.3, 0.4) is 0 Å². The van der Waals surface area contributed by atoms with E-state index >= 15 is 0 Å². The third-order valence-corrected chi connectivity index (χ3v) is 5.85. The zero-order chi connectivity index (χ0) is 19.8. The Kier molecular flexibility index (Phi) is 7.30. The van der Waals surface area contributed by atoms with Crippen LogP contribution in [-0.2, 0) is 16.9 Å².